The summed E-state index contributed by atoms with van der Waals surface area (Å²) in [6.07, 6.45) is 2.82. The molecule has 0 fully saturated rings. The van der Waals surface area contributed by atoms with Crippen LogP contribution in [0.5, 0.6) is 0 Å². The molecule has 25 heavy (non-hydrogen) atoms. The van der Waals surface area contributed by atoms with Gasteiger partial charge in [0.15, 0.2) is 6.10 Å². The van der Waals surface area contributed by atoms with Crippen molar-refractivity contribution in [2.24, 2.45) is 0 Å². The molecule has 1 amide bonds. The minimum absolute atomic E-state index is 0.218. The van der Waals surface area contributed by atoms with Crippen LogP contribution in [-0.2, 0) is 20.7 Å². The monoisotopic (exact) mass is 355 g/mol. The standard InChI is InChI=1S/C20H18ClNO3/c1-14(20(24)22-13-12-16-7-3-5-9-18(16)22)25-19(23)11-10-15-6-2-4-8-17(15)21/h2-11,14H,12-13H2,1H3/b11-10+/t14-/m0/s1. The first-order valence-corrected chi connectivity index (χ1v) is 8.46. The third-order valence-corrected chi connectivity index (χ3v) is 4.44. The summed E-state index contributed by atoms with van der Waals surface area (Å²) in [6.45, 7) is 2.19. The Morgan fingerprint density at radius 1 is 1.16 bits per heavy atom. The number of hydrogen-bond donors (Lipinski definition) is 0. The van der Waals surface area contributed by atoms with E-state index in [4.69, 9.17) is 16.3 Å². The van der Waals surface area contributed by atoms with Crippen molar-refractivity contribution in [1.82, 2.24) is 0 Å². The molecular weight excluding hydrogens is 338 g/mol. The number of carbonyl (C=O) groups excluding carboxylic acids is 2. The van der Waals surface area contributed by atoms with Crippen LogP contribution in [0.25, 0.3) is 6.08 Å². The summed E-state index contributed by atoms with van der Waals surface area (Å²) in [5, 5.41) is 0.546. The molecular formula is C20H18ClNO3. The van der Waals surface area contributed by atoms with Gasteiger partial charge in [0.2, 0.25) is 0 Å². The Morgan fingerprint density at radius 2 is 1.88 bits per heavy atom. The number of fused-ring (bicyclic) bond motifs is 1. The third kappa shape index (κ3) is 3.91. The zero-order valence-corrected chi connectivity index (χ0v) is 14.6. The summed E-state index contributed by atoms with van der Waals surface area (Å²) in [5.41, 5.74) is 2.74. The van der Waals surface area contributed by atoms with Crippen molar-refractivity contribution in [2.75, 3.05) is 11.4 Å². The van der Waals surface area contributed by atoms with Crippen molar-refractivity contribution in [2.45, 2.75) is 19.4 Å². The highest BCUT2D eigenvalue weighted by Crippen LogP contribution is 2.28. The van der Waals surface area contributed by atoms with Crippen LogP contribution in [0, 0.1) is 0 Å². The number of hydrogen-bond acceptors (Lipinski definition) is 3. The predicted molar refractivity (Wildman–Crippen MR) is 98.5 cm³/mol. The Morgan fingerprint density at radius 3 is 2.68 bits per heavy atom. The fraction of sp³-hybridized carbons (Fsp3) is 0.200. The number of rotatable bonds is 4. The molecule has 0 saturated carbocycles. The average Bonchev–Trinajstić information content (AvgIpc) is 3.04. The van der Waals surface area contributed by atoms with Gasteiger partial charge in [-0.15, -0.1) is 0 Å². The van der Waals surface area contributed by atoms with Crippen molar-refractivity contribution in [1.29, 1.82) is 0 Å². The van der Waals surface area contributed by atoms with Gasteiger partial charge < -0.3 is 9.64 Å². The normalized spacial score (nSPS) is 14.4. The number of nitrogens with zero attached hydrogens (tertiary/aromatic N) is 1. The maximum atomic E-state index is 12.6. The molecule has 0 N–H and O–H groups in total. The van der Waals surface area contributed by atoms with Gasteiger partial charge in [0.05, 0.1) is 0 Å². The van der Waals surface area contributed by atoms with Gasteiger partial charge in [0.1, 0.15) is 0 Å². The van der Waals surface area contributed by atoms with Gasteiger partial charge >= 0.3 is 5.97 Å². The molecule has 0 saturated heterocycles. The van der Waals surface area contributed by atoms with Crippen LogP contribution < -0.4 is 4.90 Å². The maximum absolute atomic E-state index is 12.6. The molecule has 4 nitrogen and oxygen atoms in total. The van der Waals surface area contributed by atoms with Gasteiger partial charge in [-0.2, -0.15) is 0 Å². The fourth-order valence-electron chi connectivity index (χ4n) is 2.82. The first-order valence-electron chi connectivity index (χ1n) is 8.09. The first-order chi connectivity index (χ1) is 12.1. The second kappa shape index (κ2) is 7.53. The highest BCUT2D eigenvalue weighted by Gasteiger charge is 2.29. The van der Waals surface area contributed by atoms with Crippen molar-refractivity contribution in [3.8, 4) is 0 Å². The van der Waals surface area contributed by atoms with Crippen LogP contribution in [0.4, 0.5) is 5.69 Å². The number of carbonyl (C=O) groups is 2. The molecule has 0 radical (unpaired) electrons. The lowest BCUT2D eigenvalue weighted by atomic mass is 10.2. The molecule has 0 bridgehead atoms. The fourth-order valence-corrected chi connectivity index (χ4v) is 3.02. The van der Waals surface area contributed by atoms with E-state index in [1.807, 2.05) is 36.4 Å². The Balaban J connectivity index is 1.62. The van der Waals surface area contributed by atoms with E-state index in [1.54, 1.807) is 30.0 Å². The number of amides is 1. The van der Waals surface area contributed by atoms with E-state index in [1.165, 1.54) is 6.08 Å². The molecule has 1 atom stereocenters. The van der Waals surface area contributed by atoms with E-state index in [9.17, 15) is 9.59 Å². The predicted octanol–water partition coefficient (Wildman–Crippen LogP) is 3.87. The van der Waals surface area contributed by atoms with Crippen LogP contribution in [-0.4, -0.2) is 24.5 Å². The molecule has 1 aliphatic rings. The lowest BCUT2D eigenvalue weighted by Gasteiger charge is -2.21. The Hall–Kier alpha value is -2.59. The second-order valence-electron chi connectivity index (χ2n) is 5.80. The smallest absolute Gasteiger partial charge is 0.331 e. The van der Waals surface area contributed by atoms with Crippen molar-refractivity contribution >= 4 is 35.2 Å². The first kappa shape index (κ1) is 17.2. The molecule has 128 valence electrons. The van der Waals surface area contributed by atoms with Crippen LogP contribution in [0.1, 0.15) is 18.1 Å². The van der Waals surface area contributed by atoms with E-state index in [2.05, 4.69) is 0 Å². The molecule has 1 aliphatic heterocycles. The molecule has 0 aliphatic carbocycles. The Labute approximate surface area is 151 Å². The largest absolute Gasteiger partial charge is 0.449 e. The number of benzene rings is 2. The zero-order chi connectivity index (χ0) is 17.8. The summed E-state index contributed by atoms with van der Waals surface area (Å²) in [5.74, 6) is -0.794. The molecule has 0 aromatic heterocycles. The minimum Gasteiger partial charge on any atom is -0.449 e. The van der Waals surface area contributed by atoms with Crippen molar-refractivity contribution in [3.63, 3.8) is 0 Å². The number of halogens is 1. The quantitative estimate of drug-likeness (QED) is 0.617. The molecule has 1 heterocycles. The van der Waals surface area contributed by atoms with Gasteiger partial charge in [-0.1, -0.05) is 48.0 Å². The SMILES string of the molecule is C[C@H](OC(=O)/C=C/c1ccccc1Cl)C(=O)N1CCc2ccccc21. The van der Waals surface area contributed by atoms with E-state index in [0.29, 0.717) is 17.1 Å². The van der Waals surface area contributed by atoms with Gasteiger partial charge in [-0.05, 0) is 42.7 Å². The van der Waals surface area contributed by atoms with Gasteiger partial charge in [0.25, 0.3) is 5.91 Å². The second-order valence-corrected chi connectivity index (χ2v) is 6.21. The van der Waals surface area contributed by atoms with E-state index in [0.717, 1.165) is 17.7 Å². The number of para-hydroxylation sites is 1. The van der Waals surface area contributed by atoms with Gasteiger partial charge in [0, 0.05) is 23.3 Å². The Bertz CT molecular complexity index is 831. The number of ether oxygens (including phenoxy) is 1. The number of esters is 1. The highest BCUT2D eigenvalue weighted by molar-refractivity contribution is 6.32. The van der Waals surface area contributed by atoms with E-state index >= 15 is 0 Å². The molecule has 0 spiro atoms. The van der Waals surface area contributed by atoms with Crippen LogP contribution >= 0.6 is 11.6 Å². The molecule has 2 aromatic carbocycles. The topological polar surface area (TPSA) is 46.6 Å². The summed E-state index contributed by atoms with van der Waals surface area (Å²) in [7, 11) is 0. The molecule has 0 unspecified atom stereocenters. The van der Waals surface area contributed by atoms with Crippen LogP contribution in [0.15, 0.2) is 54.6 Å². The number of anilines is 1. The average molecular weight is 356 g/mol. The summed E-state index contributed by atoms with van der Waals surface area (Å²) < 4.78 is 5.24. The van der Waals surface area contributed by atoms with Crippen molar-refractivity contribution < 1.29 is 14.3 Å². The lowest BCUT2D eigenvalue weighted by molar-refractivity contribution is -0.149. The molecule has 3 rings (SSSR count). The zero-order valence-electron chi connectivity index (χ0n) is 13.8. The summed E-state index contributed by atoms with van der Waals surface area (Å²) in [4.78, 5) is 26.2. The summed E-state index contributed by atoms with van der Waals surface area (Å²) in [6, 6.07) is 14.9. The third-order valence-electron chi connectivity index (χ3n) is 4.10. The van der Waals surface area contributed by atoms with Crippen LogP contribution in [0.3, 0.4) is 0 Å². The van der Waals surface area contributed by atoms with E-state index < -0.39 is 12.1 Å². The van der Waals surface area contributed by atoms with Gasteiger partial charge in [-0.3, -0.25) is 4.79 Å². The van der Waals surface area contributed by atoms with Crippen molar-refractivity contribution in [3.05, 3.63) is 70.8 Å². The minimum atomic E-state index is -0.852. The van der Waals surface area contributed by atoms with E-state index in [-0.39, 0.29) is 5.91 Å². The molecule has 2 aromatic rings. The van der Waals surface area contributed by atoms with Gasteiger partial charge in [-0.25, -0.2) is 4.79 Å². The summed E-state index contributed by atoms with van der Waals surface area (Å²) >= 11 is 6.03. The van der Waals surface area contributed by atoms with Crippen LogP contribution in [0.2, 0.25) is 5.02 Å². The Kier molecular flexibility index (Phi) is 5.19. The molecule has 5 heteroatoms. The highest BCUT2D eigenvalue weighted by atomic mass is 35.5. The lowest BCUT2D eigenvalue weighted by Crippen LogP contribution is -2.38. The maximum Gasteiger partial charge on any atom is 0.331 e.